The number of H-pyrrole nitrogens is 1. The molecule has 3 heterocycles. The minimum absolute atomic E-state index is 0.00840. The van der Waals surface area contributed by atoms with Crippen LogP contribution in [-0.4, -0.2) is 53.1 Å². The number of aromatic amines is 1. The first-order valence-corrected chi connectivity index (χ1v) is 13.5. The van der Waals surface area contributed by atoms with E-state index in [1.165, 1.54) is 4.31 Å². The van der Waals surface area contributed by atoms with Crippen molar-refractivity contribution < 1.29 is 17.6 Å². The first-order chi connectivity index (χ1) is 18.0. The largest absolute Gasteiger partial charge is 0.496 e. The molecule has 0 atom stereocenters. The van der Waals surface area contributed by atoms with Crippen LogP contribution >= 0.6 is 0 Å². The molecular weight excluding hydrogens is 490 g/mol. The fourth-order valence-electron chi connectivity index (χ4n) is 4.70. The number of hydrogen-bond acceptors (Lipinski definition) is 7. The van der Waals surface area contributed by atoms with Gasteiger partial charge in [0.1, 0.15) is 11.6 Å². The average Bonchev–Trinajstić information content (AvgIpc) is 3.61. The first kappa shape index (κ1) is 23.4. The number of nitrogens with zero attached hydrogens (tertiary/aromatic N) is 4. The molecule has 0 saturated carbocycles. The number of para-hydroxylation sites is 1. The molecule has 0 amide bonds. The lowest BCUT2D eigenvalue weighted by molar-refractivity contribution is 0.291. The Hall–Kier alpha value is -4.02. The minimum Gasteiger partial charge on any atom is -0.496 e. The van der Waals surface area contributed by atoms with E-state index in [9.17, 15) is 8.42 Å². The Bertz CT molecular complexity index is 1650. The van der Waals surface area contributed by atoms with Crippen molar-refractivity contribution in [1.82, 2.24) is 24.5 Å². The molecule has 0 bridgehead atoms. The zero-order valence-corrected chi connectivity index (χ0v) is 21.0. The number of rotatable bonds is 6. The van der Waals surface area contributed by atoms with Gasteiger partial charge in [-0.1, -0.05) is 42.5 Å². The van der Waals surface area contributed by atoms with Crippen molar-refractivity contribution in [1.29, 1.82) is 0 Å². The van der Waals surface area contributed by atoms with Crippen LogP contribution in [0.4, 0.5) is 0 Å². The van der Waals surface area contributed by atoms with Crippen molar-refractivity contribution in [3.05, 3.63) is 78.7 Å². The number of sulfonamides is 1. The Morgan fingerprint density at radius 2 is 1.73 bits per heavy atom. The highest BCUT2D eigenvalue weighted by Crippen LogP contribution is 2.34. The number of nitrogens with one attached hydrogen (secondary N) is 1. The van der Waals surface area contributed by atoms with E-state index in [2.05, 4.69) is 20.2 Å². The summed E-state index contributed by atoms with van der Waals surface area (Å²) in [4.78, 5) is 8.10. The second kappa shape index (κ2) is 9.45. The molecule has 1 aliphatic rings. The van der Waals surface area contributed by atoms with Crippen LogP contribution in [0.25, 0.3) is 33.9 Å². The molecule has 10 heteroatoms. The summed E-state index contributed by atoms with van der Waals surface area (Å²) in [5, 5.41) is 8.45. The quantitative estimate of drug-likeness (QED) is 0.344. The van der Waals surface area contributed by atoms with Gasteiger partial charge in [-0.05, 0) is 43.2 Å². The summed E-state index contributed by atoms with van der Waals surface area (Å²) in [6, 6.07) is 22.2. The third-order valence-corrected chi connectivity index (χ3v) is 8.61. The number of fused-ring (bicyclic) bond motifs is 1. The second-order valence-corrected chi connectivity index (χ2v) is 10.9. The lowest BCUT2D eigenvalue weighted by atomic mass is 9.98. The highest BCUT2D eigenvalue weighted by molar-refractivity contribution is 7.89. The van der Waals surface area contributed by atoms with Crippen LogP contribution in [0.1, 0.15) is 24.7 Å². The van der Waals surface area contributed by atoms with Crippen molar-refractivity contribution in [2.24, 2.45) is 0 Å². The van der Waals surface area contributed by atoms with Crippen molar-refractivity contribution in [3.63, 3.8) is 0 Å². The minimum atomic E-state index is -3.66. The van der Waals surface area contributed by atoms with Gasteiger partial charge >= 0.3 is 0 Å². The zero-order valence-electron chi connectivity index (χ0n) is 20.2. The lowest BCUT2D eigenvalue weighted by Gasteiger charge is -2.29. The Labute approximate surface area is 214 Å². The van der Waals surface area contributed by atoms with Crippen LogP contribution in [0.5, 0.6) is 5.75 Å². The molecule has 0 radical (unpaired) electrons. The molecule has 1 saturated heterocycles. The summed E-state index contributed by atoms with van der Waals surface area (Å²) in [5.74, 6) is 2.27. The van der Waals surface area contributed by atoms with Gasteiger partial charge in [-0.25, -0.2) is 13.4 Å². The average molecular weight is 516 g/mol. The van der Waals surface area contributed by atoms with E-state index in [0.717, 1.165) is 16.6 Å². The Morgan fingerprint density at radius 3 is 2.51 bits per heavy atom. The molecule has 0 aliphatic carbocycles. The number of piperidine rings is 1. The van der Waals surface area contributed by atoms with E-state index in [1.807, 2.05) is 54.6 Å². The fourth-order valence-corrected chi connectivity index (χ4v) is 6.20. The number of aromatic nitrogens is 4. The SMILES string of the molecule is COc1ccccc1-c1nnc(C2CCN(S(=O)(=O)c3ccc4nc(-c5ccccc5)[nH]c4c3)CC2)o1. The van der Waals surface area contributed by atoms with Crippen molar-refractivity contribution in [2.75, 3.05) is 20.2 Å². The predicted molar refractivity (Wildman–Crippen MR) is 139 cm³/mol. The predicted octanol–water partition coefficient (Wildman–Crippen LogP) is 4.86. The van der Waals surface area contributed by atoms with Gasteiger partial charge in [0.25, 0.3) is 5.89 Å². The lowest BCUT2D eigenvalue weighted by Crippen LogP contribution is -2.37. The Kier molecular flexibility index (Phi) is 5.97. The molecule has 3 aromatic carbocycles. The third-order valence-electron chi connectivity index (χ3n) is 6.72. The number of hydrogen-bond donors (Lipinski definition) is 1. The van der Waals surface area contributed by atoms with Crippen molar-refractivity contribution in [3.8, 4) is 28.6 Å². The molecule has 1 N–H and O–H groups in total. The highest BCUT2D eigenvalue weighted by atomic mass is 32.2. The van der Waals surface area contributed by atoms with E-state index in [1.54, 1.807) is 25.3 Å². The molecule has 37 heavy (non-hydrogen) atoms. The number of benzene rings is 3. The molecule has 1 aliphatic heterocycles. The normalized spacial score (nSPS) is 15.3. The van der Waals surface area contributed by atoms with Gasteiger partial charge in [0.15, 0.2) is 0 Å². The smallest absolute Gasteiger partial charge is 0.251 e. The zero-order chi connectivity index (χ0) is 25.4. The van der Waals surface area contributed by atoms with Crippen LogP contribution in [-0.2, 0) is 10.0 Å². The summed E-state index contributed by atoms with van der Waals surface area (Å²) in [6.07, 6.45) is 1.19. The molecule has 6 rings (SSSR count). The van der Waals surface area contributed by atoms with Gasteiger partial charge in [-0.3, -0.25) is 0 Å². The van der Waals surface area contributed by atoms with E-state index in [0.29, 0.717) is 54.8 Å². The molecule has 0 unspecified atom stereocenters. The van der Waals surface area contributed by atoms with E-state index >= 15 is 0 Å². The maximum atomic E-state index is 13.4. The summed E-state index contributed by atoms with van der Waals surface area (Å²) in [7, 11) is -2.06. The summed E-state index contributed by atoms with van der Waals surface area (Å²) in [5.41, 5.74) is 3.08. The molecule has 9 nitrogen and oxygen atoms in total. The molecule has 0 spiro atoms. The standard InChI is InChI=1S/C27H25N5O4S/c1-35-24-10-6-5-9-21(24)27-31-30-26(36-27)19-13-15-32(16-14-19)37(33,34)20-11-12-22-23(17-20)29-25(28-22)18-7-3-2-4-8-18/h2-12,17,19H,13-16H2,1H3,(H,28,29). The van der Waals surface area contributed by atoms with E-state index < -0.39 is 10.0 Å². The van der Waals surface area contributed by atoms with Gasteiger partial charge in [0.05, 0.1) is 28.6 Å². The molecule has 5 aromatic rings. The monoisotopic (exact) mass is 515 g/mol. The third kappa shape index (κ3) is 4.38. The number of ether oxygens (including phenoxy) is 1. The van der Waals surface area contributed by atoms with Crippen LogP contribution < -0.4 is 4.74 Å². The summed E-state index contributed by atoms with van der Waals surface area (Å²) < 4.78 is 39.8. The van der Waals surface area contributed by atoms with Gasteiger partial charge in [-0.15, -0.1) is 10.2 Å². The summed E-state index contributed by atoms with van der Waals surface area (Å²) in [6.45, 7) is 0.741. The fraction of sp³-hybridized carbons (Fsp3) is 0.222. The maximum absolute atomic E-state index is 13.4. The van der Waals surface area contributed by atoms with Crippen molar-refractivity contribution >= 4 is 21.1 Å². The highest BCUT2D eigenvalue weighted by Gasteiger charge is 2.32. The maximum Gasteiger partial charge on any atom is 0.251 e. The van der Waals surface area contributed by atoms with E-state index in [4.69, 9.17) is 9.15 Å². The van der Waals surface area contributed by atoms with Gasteiger partial charge in [0, 0.05) is 24.6 Å². The van der Waals surface area contributed by atoms with Crippen LogP contribution in [0.3, 0.4) is 0 Å². The molecule has 1 fully saturated rings. The topological polar surface area (TPSA) is 114 Å². The second-order valence-electron chi connectivity index (χ2n) is 8.95. The first-order valence-electron chi connectivity index (χ1n) is 12.0. The summed E-state index contributed by atoms with van der Waals surface area (Å²) >= 11 is 0. The number of methoxy groups -OCH3 is 1. The van der Waals surface area contributed by atoms with Crippen LogP contribution in [0, 0.1) is 0 Å². The van der Waals surface area contributed by atoms with Crippen molar-refractivity contribution in [2.45, 2.75) is 23.7 Å². The molecule has 2 aromatic heterocycles. The van der Waals surface area contributed by atoms with Crippen LogP contribution in [0.2, 0.25) is 0 Å². The van der Waals surface area contributed by atoms with Gasteiger partial charge in [0.2, 0.25) is 15.9 Å². The molecular formula is C27H25N5O4S. The van der Waals surface area contributed by atoms with Crippen LogP contribution in [0.15, 0.2) is 82.1 Å². The van der Waals surface area contributed by atoms with Gasteiger partial charge < -0.3 is 14.1 Å². The number of imidazole rings is 1. The van der Waals surface area contributed by atoms with E-state index in [-0.39, 0.29) is 10.8 Å². The Balaban J connectivity index is 1.17. The van der Waals surface area contributed by atoms with Gasteiger partial charge in [-0.2, -0.15) is 4.31 Å². The molecule has 188 valence electrons. The Morgan fingerprint density at radius 1 is 0.973 bits per heavy atom.